The number of nitrogens with zero attached hydrogens (tertiary/aromatic N) is 1. The van der Waals surface area contributed by atoms with Gasteiger partial charge in [0.15, 0.2) is 0 Å². The second kappa shape index (κ2) is 11.1. The molecular weight excluding hydrogens is 408 g/mol. The van der Waals surface area contributed by atoms with Gasteiger partial charge in [-0.15, -0.1) is 6.58 Å². The molecule has 0 aromatic heterocycles. The fraction of sp³-hybridized carbons (Fsp3) is 0.154. The summed E-state index contributed by atoms with van der Waals surface area (Å²) in [7, 11) is 0. The standard InChI is InChI=1S/C26H25ClN2O2/c1-2-17-28-26(31)25(22-11-7-4-8-12-22)29(19-21-13-15-23(27)16-14-21)24(30)18-20-9-5-3-6-10-20/h2-16,25H,1,17-19H2,(H,28,31)/t25-/m1/s1. The number of nitrogens with one attached hydrogen (secondary N) is 1. The van der Waals surface area contributed by atoms with Crippen LogP contribution in [0.4, 0.5) is 0 Å². The highest BCUT2D eigenvalue weighted by molar-refractivity contribution is 6.30. The molecule has 0 aliphatic heterocycles. The van der Waals surface area contributed by atoms with Crippen molar-refractivity contribution in [2.75, 3.05) is 6.54 Å². The summed E-state index contributed by atoms with van der Waals surface area (Å²) in [5.74, 6) is -0.384. The highest BCUT2D eigenvalue weighted by Crippen LogP contribution is 2.25. The van der Waals surface area contributed by atoms with Gasteiger partial charge in [-0.3, -0.25) is 9.59 Å². The average Bonchev–Trinajstić information content (AvgIpc) is 2.80. The molecule has 0 spiro atoms. The van der Waals surface area contributed by atoms with E-state index in [2.05, 4.69) is 11.9 Å². The van der Waals surface area contributed by atoms with E-state index in [1.54, 1.807) is 23.1 Å². The van der Waals surface area contributed by atoms with Gasteiger partial charge in [0.2, 0.25) is 11.8 Å². The van der Waals surface area contributed by atoms with Gasteiger partial charge in [0.05, 0.1) is 6.42 Å². The molecule has 0 saturated heterocycles. The molecule has 0 fully saturated rings. The predicted molar refractivity (Wildman–Crippen MR) is 125 cm³/mol. The Morgan fingerprint density at radius 2 is 1.52 bits per heavy atom. The molecule has 2 amide bonds. The first-order valence-electron chi connectivity index (χ1n) is 10.1. The molecule has 0 heterocycles. The molecule has 4 nitrogen and oxygen atoms in total. The molecule has 3 rings (SSSR count). The maximum atomic E-state index is 13.5. The number of carbonyl (C=O) groups excluding carboxylic acids is 2. The van der Waals surface area contributed by atoms with Crippen molar-refractivity contribution in [1.82, 2.24) is 10.2 Å². The smallest absolute Gasteiger partial charge is 0.247 e. The van der Waals surface area contributed by atoms with Crippen LogP contribution < -0.4 is 5.32 Å². The quantitative estimate of drug-likeness (QED) is 0.486. The number of amides is 2. The first-order chi connectivity index (χ1) is 15.1. The van der Waals surface area contributed by atoms with Gasteiger partial charge in [-0.25, -0.2) is 0 Å². The lowest BCUT2D eigenvalue weighted by atomic mass is 10.0. The first kappa shape index (κ1) is 22.3. The van der Waals surface area contributed by atoms with Crippen LogP contribution in [-0.2, 0) is 22.6 Å². The Bertz CT molecular complexity index is 1000. The number of carbonyl (C=O) groups is 2. The van der Waals surface area contributed by atoms with Gasteiger partial charge >= 0.3 is 0 Å². The molecule has 31 heavy (non-hydrogen) atoms. The van der Waals surface area contributed by atoms with E-state index < -0.39 is 6.04 Å². The van der Waals surface area contributed by atoms with E-state index in [9.17, 15) is 9.59 Å². The van der Waals surface area contributed by atoms with E-state index in [1.807, 2.05) is 72.8 Å². The zero-order valence-corrected chi connectivity index (χ0v) is 18.0. The third kappa shape index (κ3) is 6.30. The van der Waals surface area contributed by atoms with Crippen molar-refractivity contribution in [2.24, 2.45) is 0 Å². The van der Waals surface area contributed by atoms with Gasteiger partial charge in [-0.1, -0.05) is 90.5 Å². The van der Waals surface area contributed by atoms with Crippen LogP contribution in [0.3, 0.4) is 0 Å². The maximum Gasteiger partial charge on any atom is 0.247 e. The number of hydrogen-bond acceptors (Lipinski definition) is 2. The molecule has 3 aromatic rings. The fourth-order valence-electron chi connectivity index (χ4n) is 3.36. The number of benzene rings is 3. The number of rotatable bonds is 9. The Hall–Kier alpha value is -3.37. The van der Waals surface area contributed by atoms with Crippen molar-refractivity contribution in [3.8, 4) is 0 Å². The van der Waals surface area contributed by atoms with Gasteiger partial charge in [0.25, 0.3) is 0 Å². The van der Waals surface area contributed by atoms with Crippen molar-refractivity contribution in [3.05, 3.63) is 119 Å². The van der Waals surface area contributed by atoms with Crippen LogP contribution in [0.15, 0.2) is 97.6 Å². The van der Waals surface area contributed by atoms with Crippen LogP contribution in [0.25, 0.3) is 0 Å². The molecule has 0 aliphatic rings. The van der Waals surface area contributed by atoms with Crippen molar-refractivity contribution in [1.29, 1.82) is 0 Å². The van der Waals surface area contributed by atoms with Crippen molar-refractivity contribution in [3.63, 3.8) is 0 Å². The van der Waals surface area contributed by atoms with Crippen molar-refractivity contribution >= 4 is 23.4 Å². The van der Waals surface area contributed by atoms with Crippen molar-refractivity contribution in [2.45, 2.75) is 19.0 Å². The third-order valence-corrected chi connectivity index (χ3v) is 5.13. The lowest BCUT2D eigenvalue weighted by Gasteiger charge is -2.31. The second-order valence-electron chi connectivity index (χ2n) is 7.16. The minimum Gasteiger partial charge on any atom is -0.351 e. The van der Waals surface area contributed by atoms with E-state index in [0.717, 1.165) is 16.7 Å². The monoisotopic (exact) mass is 432 g/mol. The Balaban J connectivity index is 1.98. The van der Waals surface area contributed by atoms with Crippen LogP contribution in [0.5, 0.6) is 0 Å². The molecule has 0 radical (unpaired) electrons. The molecule has 0 bridgehead atoms. The van der Waals surface area contributed by atoms with Gasteiger partial charge in [0, 0.05) is 18.1 Å². The summed E-state index contributed by atoms with van der Waals surface area (Å²) in [6, 6.07) is 25.4. The average molecular weight is 433 g/mol. The van der Waals surface area contributed by atoms with E-state index in [1.165, 1.54) is 0 Å². The lowest BCUT2D eigenvalue weighted by molar-refractivity contribution is -0.141. The van der Waals surface area contributed by atoms with E-state index in [-0.39, 0.29) is 24.8 Å². The molecule has 1 N–H and O–H groups in total. The number of halogens is 1. The molecular formula is C26H25ClN2O2. The molecule has 158 valence electrons. The molecule has 0 aliphatic carbocycles. The van der Waals surface area contributed by atoms with Gasteiger partial charge in [-0.2, -0.15) is 0 Å². The van der Waals surface area contributed by atoms with Gasteiger partial charge < -0.3 is 10.2 Å². The Kier molecular flexibility index (Phi) is 8.02. The largest absolute Gasteiger partial charge is 0.351 e. The normalized spacial score (nSPS) is 11.4. The highest BCUT2D eigenvalue weighted by atomic mass is 35.5. The first-order valence-corrected chi connectivity index (χ1v) is 10.5. The van der Waals surface area contributed by atoms with Crippen LogP contribution >= 0.6 is 11.6 Å². The zero-order valence-electron chi connectivity index (χ0n) is 17.2. The van der Waals surface area contributed by atoms with E-state index in [0.29, 0.717) is 11.6 Å². The summed E-state index contributed by atoms with van der Waals surface area (Å²) in [4.78, 5) is 28.3. The van der Waals surface area contributed by atoms with Crippen LogP contribution in [-0.4, -0.2) is 23.3 Å². The minimum absolute atomic E-state index is 0.135. The summed E-state index contributed by atoms with van der Waals surface area (Å²) >= 11 is 6.03. The summed E-state index contributed by atoms with van der Waals surface area (Å²) in [6.45, 7) is 4.27. The third-order valence-electron chi connectivity index (χ3n) is 4.88. The fourth-order valence-corrected chi connectivity index (χ4v) is 3.49. The number of hydrogen-bond donors (Lipinski definition) is 1. The van der Waals surface area contributed by atoms with Crippen molar-refractivity contribution < 1.29 is 9.59 Å². The lowest BCUT2D eigenvalue weighted by Crippen LogP contribution is -2.44. The minimum atomic E-state index is -0.770. The van der Waals surface area contributed by atoms with E-state index in [4.69, 9.17) is 11.6 Å². The van der Waals surface area contributed by atoms with Crippen LogP contribution in [0.1, 0.15) is 22.7 Å². The van der Waals surface area contributed by atoms with Crippen LogP contribution in [0, 0.1) is 0 Å². The summed E-state index contributed by atoms with van der Waals surface area (Å²) in [5, 5.41) is 3.47. The molecule has 5 heteroatoms. The molecule has 0 saturated carbocycles. The Morgan fingerprint density at radius 3 is 2.13 bits per heavy atom. The van der Waals surface area contributed by atoms with Gasteiger partial charge in [-0.05, 0) is 28.8 Å². The second-order valence-corrected chi connectivity index (χ2v) is 7.59. The maximum absolute atomic E-state index is 13.5. The topological polar surface area (TPSA) is 49.4 Å². The van der Waals surface area contributed by atoms with Gasteiger partial charge in [0.1, 0.15) is 6.04 Å². The summed E-state index contributed by atoms with van der Waals surface area (Å²) in [5.41, 5.74) is 2.54. The summed E-state index contributed by atoms with van der Waals surface area (Å²) in [6.07, 6.45) is 1.82. The Labute approximate surface area is 188 Å². The molecule has 0 unspecified atom stereocenters. The summed E-state index contributed by atoms with van der Waals surface area (Å²) < 4.78 is 0. The van der Waals surface area contributed by atoms with Crippen LogP contribution in [0.2, 0.25) is 5.02 Å². The SMILES string of the molecule is C=CCNC(=O)[C@@H](c1ccccc1)N(Cc1ccc(Cl)cc1)C(=O)Cc1ccccc1. The molecule has 1 atom stereocenters. The predicted octanol–water partition coefficient (Wildman–Crippen LogP) is 4.95. The highest BCUT2D eigenvalue weighted by Gasteiger charge is 2.31. The van der Waals surface area contributed by atoms with E-state index >= 15 is 0 Å². The zero-order chi connectivity index (χ0) is 22.1. The molecule has 3 aromatic carbocycles. The Morgan fingerprint density at radius 1 is 0.903 bits per heavy atom.